The molecule has 1 heterocycles. The predicted octanol–water partition coefficient (Wildman–Crippen LogP) is -7.73. The molecule has 14 heavy (non-hydrogen) atoms. The zero-order valence-corrected chi connectivity index (χ0v) is 14.0. The van der Waals surface area contributed by atoms with Gasteiger partial charge in [0.15, 0.2) is 0 Å². The number of hydrogen-bond acceptors (Lipinski definition) is 5. The van der Waals surface area contributed by atoms with E-state index >= 15 is 0 Å². The van der Waals surface area contributed by atoms with Crippen molar-refractivity contribution in [3.8, 4) is 0 Å². The van der Waals surface area contributed by atoms with E-state index in [-0.39, 0.29) is 69.5 Å². The van der Waals surface area contributed by atoms with E-state index < -0.39 is 5.97 Å². The molecule has 1 fully saturated rings. The fourth-order valence-electron chi connectivity index (χ4n) is 0.886. The second-order valence-corrected chi connectivity index (χ2v) is 3.43. The van der Waals surface area contributed by atoms with E-state index in [1.807, 2.05) is 0 Å². The molecule has 1 aliphatic rings. The normalized spacial score (nSPS) is 17.9. The number of aliphatic carboxylic acids is 1. The van der Waals surface area contributed by atoms with Crippen molar-refractivity contribution in [3.05, 3.63) is 0 Å². The second-order valence-electron chi connectivity index (χ2n) is 2.29. The maximum atomic E-state index is 10.0. The Hall–Kier alpha value is 1.54. The maximum Gasteiger partial charge on any atom is 1.00 e. The molecule has 8 heteroatoms. The molecule has 70 valence electrons. The number of rotatable bonds is 1. The van der Waals surface area contributed by atoms with Crippen LogP contribution in [0.15, 0.2) is 0 Å². The number of carboxylic acids is 1. The summed E-state index contributed by atoms with van der Waals surface area (Å²) in [6.45, 7) is 0.818. The van der Waals surface area contributed by atoms with Gasteiger partial charge in [-0.1, -0.05) is 4.32 Å². The maximum absolute atomic E-state index is 10.0. The van der Waals surface area contributed by atoms with Crippen molar-refractivity contribution in [1.29, 1.82) is 0 Å². The molecule has 1 aliphatic heterocycles. The molecule has 4 nitrogen and oxygen atoms in total. The van der Waals surface area contributed by atoms with Crippen LogP contribution >= 0.6 is 12.2 Å². The molecule has 0 amide bonds. The van der Waals surface area contributed by atoms with Crippen molar-refractivity contribution in [2.24, 2.45) is 5.73 Å². The Bertz CT molecular complexity index is 173. The Morgan fingerprint density at radius 2 is 2.00 bits per heavy atom. The summed E-state index contributed by atoms with van der Waals surface area (Å²) in [5.41, 5.74) is 4.66. The first kappa shape index (κ1) is 20.9. The Morgan fingerprint density at radius 3 is 2.14 bits per heavy atom. The van der Waals surface area contributed by atoms with Gasteiger partial charge in [0.1, 0.15) is 0 Å². The van der Waals surface area contributed by atoms with Crippen LogP contribution in [0.2, 0.25) is 0 Å². The fraction of sp³-hybridized carbons (Fsp3) is 0.667. The van der Waals surface area contributed by atoms with Crippen LogP contribution in [0.25, 0.3) is 0 Å². The molecule has 0 saturated carbocycles. The van der Waals surface area contributed by atoms with Crippen LogP contribution in [0.3, 0.4) is 0 Å². The van der Waals surface area contributed by atoms with Gasteiger partial charge in [-0.25, -0.2) is 0 Å². The molecule has 1 atom stereocenters. The third-order valence-electron chi connectivity index (χ3n) is 1.34. The molecule has 0 radical (unpaired) electrons. The van der Waals surface area contributed by atoms with Crippen molar-refractivity contribution in [1.82, 2.24) is 5.32 Å². The number of nitrogens with one attached hydrogen (secondary N) is 1. The van der Waals surface area contributed by atoms with E-state index in [0.29, 0.717) is 0 Å². The topological polar surface area (TPSA) is 78.2 Å². The van der Waals surface area contributed by atoms with Crippen molar-refractivity contribution < 1.29 is 69.0 Å². The van der Waals surface area contributed by atoms with Gasteiger partial charge >= 0.3 is 59.1 Å². The van der Waals surface area contributed by atoms with Crippen LogP contribution in [-0.2, 0) is 17.4 Å². The van der Waals surface area contributed by atoms with E-state index in [0.717, 1.165) is 19.4 Å². The zero-order valence-electron chi connectivity index (χ0n) is 8.41. The monoisotopic (exact) mass is 252 g/mol. The van der Waals surface area contributed by atoms with Crippen molar-refractivity contribution in [2.45, 2.75) is 18.9 Å². The Balaban J connectivity index is -0.000000180. The van der Waals surface area contributed by atoms with E-state index in [4.69, 9.17) is 0 Å². The molecular weight excluding hydrogens is 242 g/mol. The van der Waals surface area contributed by atoms with E-state index in [1.165, 1.54) is 0 Å². The fourth-order valence-corrected chi connectivity index (χ4v) is 0.886. The first-order valence-corrected chi connectivity index (χ1v) is 4.26. The van der Waals surface area contributed by atoms with Crippen molar-refractivity contribution in [3.63, 3.8) is 0 Å². The number of hydrogen-bond donors (Lipinski definition) is 2. The van der Waals surface area contributed by atoms with Gasteiger partial charge in [0.05, 0.1) is 5.97 Å². The van der Waals surface area contributed by atoms with Crippen LogP contribution in [0, 0.1) is 0 Å². The van der Waals surface area contributed by atoms with Gasteiger partial charge in [0.25, 0.3) is 0 Å². The Labute approximate surface area is 139 Å². The molecule has 0 unspecified atom stereocenters. The number of nitrogens with two attached hydrogens (primary N) is 1. The van der Waals surface area contributed by atoms with Gasteiger partial charge in [0.2, 0.25) is 0 Å². The molecule has 0 bridgehead atoms. The van der Waals surface area contributed by atoms with Crippen LogP contribution in [0.1, 0.15) is 12.8 Å². The molecular formula is C6H10N2Na2O2S2. The van der Waals surface area contributed by atoms with Crippen LogP contribution < -0.4 is 75.3 Å². The third-order valence-corrected chi connectivity index (χ3v) is 1.34. The first-order valence-electron chi connectivity index (χ1n) is 3.44. The predicted molar refractivity (Wildman–Crippen MR) is 50.2 cm³/mol. The van der Waals surface area contributed by atoms with E-state index in [1.54, 1.807) is 0 Å². The van der Waals surface area contributed by atoms with Crippen LogP contribution in [-0.4, -0.2) is 22.9 Å². The molecule has 0 aromatic heterocycles. The smallest absolute Gasteiger partial charge is 0.548 e. The van der Waals surface area contributed by atoms with Crippen LogP contribution in [0.5, 0.6) is 0 Å². The van der Waals surface area contributed by atoms with Gasteiger partial charge < -0.3 is 45.8 Å². The summed E-state index contributed by atoms with van der Waals surface area (Å²) in [5, 5.41) is 12.8. The summed E-state index contributed by atoms with van der Waals surface area (Å²) in [7, 11) is 0. The molecule has 0 aromatic rings. The standard InChI is InChI=1S/C5H9NO2.CH3NS2.2Na/c7-5(8)4-2-1-3-6-4;2-1(3)4;;/h4,6H,1-3H2,(H,7,8);(H3,2,3,4);;/q;;2*+1/p-2/t4-;;;/m0.../s1. The average Bonchev–Trinajstić information content (AvgIpc) is 2.34. The van der Waals surface area contributed by atoms with Gasteiger partial charge in [-0.05, 0) is 19.4 Å². The van der Waals surface area contributed by atoms with Gasteiger partial charge in [-0.2, -0.15) is 0 Å². The summed E-state index contributed by atoms with van der Waals surface area (Å²) in [5.74, 6) is -0.970. The number of carbonyl (C=O) groups excluding carboxylic acids is 1. The second kappa shape index (κ2) is 12.6. The Kier molecular flexibility index (Phi) is 18.8. The van der Waals surface area contributed by atoms with E-state index in [9.17, 15) is 9.90 Å². The number of carbonyl (C=O) groups is 1. The van der Waals surface area contributed by atoms with Crippen LogP contribution in [0.4, 0.5) is 0 Å². The minimum atomic E-state index is -0.970. The summed E-state index contributed by atoms with van der Waals surface area (Å²) >= 11 is 8.26. The SMILES string of the molecule is NC(=S)[S-].O=C([O-])[C@@H]1CCCN1.[Na+].[Na+]. The summed E-state index contributed by atoms with van der Waals surface area (Å²) < 4.78 is 0.0833. The van der Waals surface area contributed by atoms with E-state index in [2.05, 4.69) is 35.9 Å². The van der Waals surface area contributed by atoms with Crippen molar-refractivity contribution >= 4 is 35.1 Å². The average molecular weight is 252 g/mol. The minimum absolute atomic E-state index is 0. The summed E-state index contributed by atoms with van der Waals surface area (Å²) in [6, 6.07) is -0.380. The van der Waals surface area contributed by atoms with Gasteiger partial charge in [0, 0.05) is 6.04 Å². The molecule has 0 spiro atoms. The first-order chi connectivity index (χ1) is 5.54. The molecule has 0 aliphatic carbocycles. The van der Waals surface area contributed by atoms with Gasteiger partial charge in [-0.3, -0.25) is 0 Å². The molecule has 1 rings (SSSR count). The quantitative estimate of drug-likeness (QED) is 0.274. The Morgan fingerprint density at radius 1 is 1.57 bits per heavy atom. The van der Waals surface area contributed by atoms with Crippen molar-refractivity contribution in [2.75, 3.05) is 6.54 Å². The largest absolute Gasteiger partial charge is 1.00 e. The number of thiocarbonyl (C=S) groups is 1. The van der Waals surface area contributed by atoms with Gasteiger partial charge in [-0.15, -0.1) is 0 Å². The third kappa shape index (κ3) is 13.5. The summed E-state index contributed by atoms with van der Waals surface area (Å²) in [6.07, 6.45) is 1.68. The molecule has 0 aromatic carbocycles. The molecule has 1 saturated heterocycles. The summed E-state index contributed by atoms with van der Waals surface area (Å²) in [4.78, 5) is 10.0. The minimum Gasteiger partial charge on any atom is -0.548 e. The molecule has 3 N–H and O–H groups in total. The number of carboxylic acid groups (broad SMARTS) is 1. The zero-order chi connectivity index (χ0) is 9.56.